The maximum Gasteiger partial charge on any atom is 0.338 e. The van der Waals surface area contributed by atoms with Crippen LogP contribution in [0, 0.1) is 16.0 Å². The first-order valence-electron chi connectivity index (χ1n) is 6.13. The molecular weight excluding hydrogens is 248 g/mol. The summed E-state index contributed by atoms with van der Waals surface area (Å²) in [5, 5.41) is 13.7. The fourth-order valence-corrected chi connectivity index (χ4v) is 1.44. The Morgan fingerprint density at radius 3 is 2.84 bits per heavy atom. The summed E-state index contributed by atoms with van der Waals surface area (Å²) in [6.07, 6.45) is 0. The van der Waals surface area contributed by atoms with Gasteiger partial charge in [-0.2, -0.15) is 0 Å². The van der Waals surface area contributed by atoms with Crippen LogP contribution in [0.1, 0.15) is 24.2 Å². The molecule has 0 aliphatic rings. The largest absolute Gasteiger partial charge is 0.461 e. The summed E-state index contributed by atoms with van der Waals surface area (Å²) in [7, 11) is 0. The second-order valence-electron chi connectivity index (χ2n) is 4.54. The second-order valence-corrected chi connectivity index (χ2v) is 4.54. The number of carbonyl (C=O) groups excluding carboxylic acids is 1. The molecule has 0 saturated heterocycles. The zero-order chi connectivity index (χ0) is 14.3. The van der Waals surface area contributed by atoms with Crippen LogP contribution in [0.25, 0.3) is 0 Å². The lowest BCUT2D eigenvalue weighted by Crippen LogP contribution is -2.25. The van der Waals surface area contributed by atoms with Gasteiger partial charge in [0.05, 0.1) is 10.5 Å². The molecule has 19 heavy (non-hydrogen) atoms. The molecule has 0 radical (unpaired) electrons. The number of rotatable bonds is 7. The molecule has 0 fully saturated rings. The quantitative estimate of drug-likeness (QED) is 0.353. The molecule has 1 aromatic carbocycles. The van der Waals surface area contributed by atoms with Gasteiger partial charge in [-0.3, -0.25) is 10.1 Å². The van der Waals surface area contributed by atoms with Crippen molar-refractivity contribution >= 4 is 11.7 Å². The molecule has 104 valence electrons. The highest BCUT2D eigenvalue weighted by molar-refractivity contribution is 5.90. The summed E-state index contributed by atoms with van der Waals surface area (Å²) in [5.41, 5.74) is 0.0745. The molecule has 0 spiro atoms. The number of nitro benzene ring substituents is 1. The van der Waals surface area contributed by atoms with Gasteiger partial charge in [0.15, 0.2) is 0 Å². The minimum atomic E-state index is -0.546. The topological polar surface area (TPSA) is 81.5 Å². The summed E-state index contributed by atoms with van der Waals surface area (Å²) < 4.78 is 5.02. The minimum absolute atomic E-state index is 0.118. The summed E-state index contributed by atoms with van der Waals surface area (Å²) in [6, 6.07) is 5.51. The lowest BCUT2D eigenvalue weighted by atomic mass is 10.2. The first-order valence-corrected chi connectivity index (χ1v) is 6.13. The maximum atomic E-state index is 11.6. The highest BCUT2D eigenvalue weighted by atomic mass is 16.6. The Balaban J connectivity index is 2.41. The van der Waals surface area contributed by atoms with Gasteiger partial charge < -0.3 is 10.1 Å². The van der Waals surface area contributed by atoms with Crippen molar-refractivity contribution in [2.24, 2.45) is 5.92 Å². The lowest BCUT2D eigenvalue weighted by Gasteiger charge is -2.08. The third-order valence-electron chi connectivity index (χ3n) is 2.36. The van der Waals surface area contributed by atoms with Gasteiger partial charge in [0.25, 0.3) is 5.69 Å². The van der Waals surface area contributed by atoms with Gasteiger partial charge in [0.1, 0.15) is 6.61 Å². The van der Waals surface area contributed by atoms with Crippen LogP contribution >= 0.6 is 0 Å². The Morgan fingerprint density at radius 1 is 1.47 bits per heavy atom. The van der Waals surface area contributed by atoms with E-state index >= 15 is 0 Å². The van der Waals surface area contributed by atoms with Crippen molar-refractivity contribution in [3.05, 3.63) is 39.9 Å². The Morgan fingerprint density at radius 2 is 2.21 bits per heavy atom. The van der Waals surface area contributed by atoms with Crippen LogP contribution in [0.5, 0.6) is 0 Å². The van der Waals surface area contributed by atoms with Gasteiger partial charge >= 0.3 is 5.97 Å². The normalized spacial score (nSPS) is 10.5. The van der Waals surface area contributed by atoms with Gasteiger partial charge in [-0.25, -0.2) is 4.79 Å². The number of ether oxygens (including phenoxy) is 1. The average Bonchev–Trinajstić information content (AvgIpc) is 2.37. The smallest absolute Gasteiger partial charge is 0.338 e. The molecule has 0 unspecified atom stereocenters. The van der Waals surface area contributed by atoms with Crippen molar-refractivity contribution in [1.29, 1.82) is 0 Å². The molecule has 1 N–H and O–H groups in total. The molecule has 6 nitrogen and oxygen atoms in total. The van der Waals surface area contributed by atoms with E-state index in [0.717, 1.165) is 6.54 Å². The van der Waals surface area contributed by atoms with E-state index in [4.69, 9.17) is 4.74 Å². The highest BCUT2D eigenvalue weighted by Crippen LogP contribution is 2.13. The molecule has 0 amide bonds. The number of carbonyl (C=O) groups is 1. The molecule has 0 atom stereocenters. The van der Waals surface area contributed by atoms with E-state index < -0.39 is 10.9 Å². The average molecular weight is 266 g/mol. The number of nitrogens with zero attached hydrogens (tertiary/aromatic N) is 1. The fourth-order valence-electron chi connectivity index (χ4n) is 1.44. The Kier molecular flexibility index (Phi) is 5.95. The van der Waals surface area contributed by atoms with Crippen LogP contribution in [0.2, 0.25) is 0 Å². The Hall–Kier alpha value is -1.95. The standard InChI is InChI=1S/C13H18N2O4/c1-10(2)9-14-6-7-19-13(16)11-4-3-5-12(8-11)15(17)18/h3-5,8,10,14H,6-7,9H2,1-2H3. The van der Waals surface area contributed by atoms with E-state index in [1.807, 2.05) is 0 Å². The number of esters is 1. The number of benzene rings is 1. The maximum absolute atomic E-state index is 11.6. The predicted octanol–water partition coefficient (Wildman–Crippen LogP) is 2.00. The van der Waals surface area contributed by atoms with Gasteiger partial charge in [-0.05, 0) is 18.5 Å². The molecule has 1 aromatic rings. The fraction of sp³-hybridized carbons (Fsp3) is 0.462. The van der Waals surface area contributed by atoms with Crippen LogP contribution in [0.4, 0.5) is 5.69 Å². The summed E-state index contributed by atoms with van der Waals surface area (Å²) in [4.78, 5) is 21.7. The van der Waals surface area contributed by atoms with E-state index in [0.29, 0.717) is 12.5 Å². The van der Waals surface area contributed by atoms with Crippen molar-refractivity contribution in [3.63, 3.8) is 0 Å². The Bertz CT molecular complexity index is 446. The van der Waals surface area contributed by atoms with Gasteiger partial charge in [0.2, 0.25) is 0 Å². The molecule has 6 heteroatoms. The monoisotopic (exact) mass is 266 g/mol. The third-order valence-corrected chi connectivity index (χ3v) is 2.36. The van der Waals surface area contributed by atoms with Crippen LogP contribution in [0.15, 0.2) is 24.3 Å². The van der Waals surface area contributed by atoms with E-state index in [1.165, 1.54) is 24.3 Å². The third kappa shape index (κ3) is 5.48. The SMILES string of the molecule is CC(C)CNCCOC(=O)c1cccc([N+](=O)[O-])c1. The van der Waals surface area contributed by atoms with Crippen LogP contribution in [-0.4, -0.2) is 30.6 Å². The van der Waals surface area contributed by atoms with E-state index in [2.05, 4.69) is 19.2 Å². The van der Waals surface area contributed by atoms with Crippen molar-refractivity contribution < 1.29 is 14.5 Å². The number of nitrogens with one attached hydrogen (secondary N) is 1. The molecular formula is C13H18N2O4. The number of hydrogen-bond donors (Lipinski definition) is 1. The zero-order valence-corrected chi connectivity index (χ0v) is 11.1. The van der Waals surface area contributed by atoms with Crippen LogP contribution < -0.4 is 5.32 Å². The van der Waals surface area contributed by atoms with E-state index in [-0.39, 0.29) is 17.9 Å². The highest BCUT2D eigenvalue weighted by Gasteiger charge is 2.12. The summed E-state index contributed by atoms with van der Waals surface area (Å²) in [6.45, 7) is 5.84. The van der Waals surface area contributed by atoms with Gasteiger partial charge in [-0.1, -0.05) is 19.9 Å². The van der Waals surface area contributed by atoms with E-state index in [1.54, 1.807) is 0 Å². The predicted molar refractivity (Wildman–Crippen MR) is 71.1 cm³/mol. The van der Waals surface area contributed by atoms with Crippen molar-refractivity contribution in [2.75, 3.05) is 19.7 Å². The molecule has 1 rings (SSSR count). The number of non-ortho nitro benzene ring substituents is 1. The van der Waals surface area contributed by atoms with E-state index in [9.17, 15) is 14.9 Å². The summed E-state index contributed by atoms with van der Waals surface area (Å²) >= 11 is 0. The van der Waals surface area contributed by atoms with Crippen molar-refractivity contribution in [3.8, 4) is 0 Å². The molecule has 0 aliphatic carbocycles. The lowest BCUT2D eigenvalue weighted by molar-refractivity contribution is -0.384. The van der Waals surface area contributed by atoms with Crippen molar-refractivity contribution in [2.45, 2.75) is 13.8 Å². The van der Waals surface area contributed by atoms with Crippen molar-refractivity contribution in [1.82, 2.24) is 5.32 Å². The number of hydrogen-bond acceptors (Lipinski definition) is 5. The van der Waals surface area contributed by atoms with Gasteiger partial charge in [-0.15, -0.1) is 0 Å². The van der Waals surface area contributed by atoms with Crippen LogP contribution in [0.3, 0.4) is 0 Å². The Labute approximate surface area is 111 Å². The zero-order valence-electron chi connectivity index (χ0n) is 11.1. The number of nitro groups is 1. The molecule has 0 heterocycles. The van der Waals surface area contributed by atoms with Gasteiger partial charge in [0, 0.05) is 18.7 Å². The molecule has 0 aromatic heterocycles. The first-order chi connectivity index (χ1) is 9.00. The molecule has 0 bridgehead atoms. The van der Waals surface area contributed by atoms with Crippen LogP contribution in [-0.2, 0) is 4.74 Å². The second kappa shape index (κ2) is 7.48. The molecule has 0 aliphatic heterocycles. The summed E-state index contributed by atoms with van der Waals surface area (Å²) in [5.74, 6) is -0.0116. The minimum Gasteiger partial charge on any atom is -0.461 e. The first kappa shape index (κ1) is 15.1. The molecule has 0 saturated carbocycles.